The van der Waals surface area contributed by atoms with Gasteiger partial charge in [-0.3, -0.25) is 0 Å². The summed E-state index contributed by atoms with van der Waals surface area (Å²) in [5, 5.41) is 0. The van der Waals surface area contributed by atoms with E-state index in [0.717, 1.165) is 26.3 Å². The van der Waals surface area contributed by atoms with Gasteiger partial charge in [0.15, 0.2) is 0 Å². The van der Waals surface area contributed by atoms with Gasteiger partial charge in [0.2, 0.25) is 0 Å². The van der Waals surface area contributed by atoms with E-state index in [4.69, 9.17) is 9.47 Å². The van der Waals surface area contributed by atoms with Crippen LogP contribution in [0.15, 0.2) is 12.2 Å². The molecule has 0 bridgehead atoms. The van der Waals surface area contributed by atoms with Crippen LogP contribution in [0, 0.1) is 0 Å². The Hall–Kier alpha value is -0.380. The molecular weight excluding hydrogens is 418 g/mol. The van der Waals surface area contributed by atoms with Gasteiger partial charge >= 0.3 is 0 Å². The van der Waals surface area contributed by atoms with Crippen molar-refractivity contribution in [2.75, 3.05) is 33.4 Å². The Labute approximate surface area is 214 Å². The van der Waals surface area contributed by atoms with Crippen molar-refractivity contribution in [3.05, 3.63) is 12.2 Å². The number of rotatable bonds is 25. The van der Waals surface area contributed by atoms with Gasteiger partial charge in [0.25, 0.3) is 0 Å². The highest BCUT2D eigenvalue weighted by atomic mass is 16.5. The summed E-state index contributed by atoms with van der Waals surface area (Å²) >= 11 is 0. The molecule has 1 saturated heterocycles. The normalized spacial score (nSPS) is 19.0. The van der Waals surface area contributed by atoms with Crippen molar-refractivity contribution < 1.29 is 9.47 Å². The summed E-state index contributed by atoms with van der Waals surface area (Å²) < 4.78 is 12.4. The maximum absolute atomic E-state index is 6.24. The fourth-order valence-corrected chi connectivity index (χ4v) is 4.95. The van der Waals surface area contributed by atoms with E-state index in [1.165, 1.54) is 128 Å². The standard InChI is InChI=1S/C31H61NO2/c1-4-6-8-10-12-13-14-15-16-17-18-19-20-21-23-25-27-34-31-29-32(3)28-30(31)33-26-24-22-11-9-7-5-2/h15-16,30-31H,4-14,17-29H2,1-3H3/b16-15-. The number of nitrogens with zero attached hydrogens (tertiary/aromatic N) is 1. The van der Waals surface area contributed by atoms with Gasteiger partial charge in [-0.2, -0.15) is 0 Å². The van der Waals surface area contributed by atoms with E-state index < -0.39 is 0 Å². The molecule has 1 rings (SSSR count). The maximum Gasteiger partial charge on any atom is 0.0975 e. The molecule has 1 aliphatic heterocycles. The van der Waals surface area contributed by atoms with Crippen LogP contribution in [0.25, 0.3) is 0 Å². The molecule has 202 valence electrons. The Morgan fingerprint density at radius 1 is 0.529 bits per heavy atom. The molecule has 0 aromatic rings. The summed E-state index contributed by atoms with van der Waals surface area (Å²) in [4.78, 5) is 2.36. The van der Waals surface area contributed by atoms with Crippen LogP contribution in [0.5, 0.6) is 0 Å². The Bertz CT molecular complexity index is 439. The van der Waals surface area contributed by atoms with Crippen molar-refractivity contribution in [3.8, 4) is 0 Å². The highest BCUT2D eigenvalue weighted by Gasteiger charge is 2.32. The first-order valence-electron chi connectivity index (χ1n) is 15.3. The lowest BCUT2D eigenvalue weighted by atomic mass is 10.1. The molecule has 0 amide bonds. The van der Waals surface area contributed by atoms with Crippen molar-refractivity contribution in [1.29, 1.82) is 0 Å². The summed E-state index contributed by atoms with van der Waals surface area (Å²) in [5.41, 5.74) is 0. The summed E-state index contributed by atoms with van der Waals surface area (Å²) in [5.74, 6) is 0. The summed E-state index contributed by atoms with van der Waals surface area (Å²) in [6.45, 7) is 8.41. The highest BCUT2D eigenvalue weighted by Crippen LogP contribution is 2.17. The van der Waals surface area contributed by atoms with Crippen LogP contribution >= 0.6 is 0 Å². The highest BCUT2D eigenvalue weighted by molar-refractivity contribution is 4.84. The molecule has 0 radical (unpaired) electrons. The van der Waals surface area contributed by atoms with Crippen molar-refractivity contribution in [2.24, 2.45) is 0 Å². The van der Waals surface area contributed by atoms with Gasteiger partial charge in [0, 0.05) is 26.3 Å². The van der Waals surface area contributed by atoms with E-state index >= 15 is 0 Å². The van der Waals surface area contributed by atoms with Gasteiger partial charge < -0.3 is 14.4 Å². The summed E-state index contributed by atoms with van der Waals surface area (Å²) in [6, 6.07) is 0. The van der Waals surface area contributed by atoms with Crippen LogP contribution in [-0.2, 0) is 9.47 Å². The Kier molecular flexibility index (Phi) is 22.6. The minimum atomic E-state index is 0.271. The molecule has 34 heavy (non-hydrogen) atoms. The molecule has 0 saturated carbocycles. The zero-order valence-electron chi connectivity index (χ0n) is 23.5. The number of allylic oxidation sites excluding steroid dienone is 2. The zero-order valence-corrected chi connectivity index (χ0v) is 23.5. The number of unbranched alkanes of at least 4 members (excludes halogenated alkanes) is 17. The quantitative estimate of drug-likeness (QED) is 0.0962. The monoisotopic (exact) mass is 479 g/mol. The SMILES string of the molecule is CCCCCCCC/C=C\CCCCCCCCOC1CN(C)CC1OCCCCCCCC. The van der Waals surface area contributed by atoms with E-state index in [2.05, 4.69) is 37.9 Å². The van der Waals surface area contributed by atoms with Gasteiger partial charge in [-0.1, -0.05) is 116 Å². The molecule has 1 aliphatic rings. The van der Waals surface area contributed by atoms with Crippen molar-refractivity contribution in [3.63, 3.8) is 0 Å². The van der Waals surface area contributed by atoms with Gasteiger partial charge in [-0.15, -0.1) is 0 Å². The van der Waals surface area contributed by atoms with Crippen LogP contribution in [0.3, 0.4) is 0 Å². The molecule has 3 heteroatoms. The molecule has 0 aliphatic carbocycles. The number of likely N-dealkylation sites (N-methyl/N-ethyl adjacent to an activating group) is 1. The van der Waals surface area contributed by atoms with Crippen molar-refractivity contribution >= 4 is 0 Å². The molecule has 0 aromatic carbocycles. The average molecular weight is 480 g/mol. The molecule has 0 N–H and O–H groups in total. The van der Waals surface area contributed by atoms with E-state index in [1.807, 2.05) is 0 Å². The Morgan fingerprint density at radius 3 is 1.29 bits per heavy atom. The third-order valence-electron chi connectivity index (χ3n) is 7.22. The third kappa shape index (κ3) is 18.9. The fraction of sp³-hybridized carbons (Fsp3) is 0.935. The van der Waals surface area contributed by atoms with E-state index in [-0.39, 0.29) is 12.2 Å². The predicted molar refractivity (Wildman–Crippen MR) is 150 cm³/mol. The largest absolute Gasteiger partial charge is 0.374 e. The minimum absolute atomic E-state index is 0.271. The molecule has 3 nitrogen and oxygen atoms in total. The summed E-state index contributed by atoms with van der Waals surface area (Å²) in [6.07, 6.45) is 32.3. The smallest absolute Gasteiger partial charge is 0.0975 e. The lowest BCUT2D eigenvalue weighted by molar-refractivity contribution is -0.0481. The number of hydrogen-bond donors (Lipinski definition) is 0. The van der Waals surface area contributed by atoms with Gasteiger partial charge in [0.1, 0.15) is 0 Å². The molecule has 1 heterocycles. The first-order chi connectivity index (χ1) is 16.8. The van der Waals surface area contributed by atoms with Crippen molar-refractivity contribution in [1.82, 2.24) is 4.90 Å². The topological polar surface area (TPSA) is 21.7 Å². The molecule has 0 spiro atoms. The van der Waals surface area contributed by atoms with Crippen LogP contribution in [0.1, 0.15) is 142 Å². The predicted octanol–water partition coefficient (Wildman–Crippen LogP) is 9.10. The number of ether oxygens (including phenoxy) is 2. The minimum Gasteiger partial charge on any atom is -0.374 e. The number of likely N-dealkylation sites (tertiary alicyclic amines) is 1. The van der Waals surface area contributed by atoms with Gasteiger partial charge in [-0.25, -0.2) is 0 Å². The second kappa shape index (κ2) is 24.3. The van der Waals surface area contributed by atoms with Gasteiger partial charge in [-0.05, 0) is 45.6 Å². The lowest BCUT2D eigenvalue weighted by Crippen LogP contribution is -2.30. The van der Waals surface area contributed by atoms with Crippen LogP contribution in [0.2, 0.25) is 0 Å². The number of hydrogen-bond acceptors (Lipinski definition) is 3. The zero-order chi connectivity index (χ0) is 24.5. The maximum atomic E-state index is 6.24. The first kappa shape index (κ1) is 31.6. The van der Waals surface area contributed by atoms with Crippen LogP contribution in [-0.4, -0.2) is 50.5 Å². The van der Waals surface area contributed by atoms with E-state index in [9.17, 15) is 0 Å². The van der Waals surface area contributed by atoms with E-state index in [1.54, 1.807) is 0 Å². The molecule has 2 unspecified atom stereocenters. The van der Waals surface area contributed by atoms with Gasteiger partial charge in [0.05, 0.1) is 12.2 Å². The second-order valence-electron chi connectivity index (χ2n) is 10.7. The Morgan fingerprint density at radius 2 is 0.882 bits per heavy atom. The van der Waals surface area contributed by atoms with Crippen molar-refractivity contribution in [2.45, 2.75) is 154 Å². The first-order valence-corrected chi connectivity index (χ1v) is 15.3. The summed E-state index contributed by atoms with van der Waals surface area (Å²) in [7, 11) is 2.19. The van der Waals surface area contributed by atoms with Crippen LogP contribution in [0.4, 0.5) is 0 Å². The molecule has 0 aromatic heterocycles. The second-order valence-corrected chi connectivity index (χ2v) is 10.7. The lowest BCUT2D eigenvalue weighted by Gasteiger charge is -2.20. The van der Waals surface area contributed by atoms with Crippen LogP contribution < -0.4 is 0 Å². The molecular formula is C31H61NO2. The van der Waals surface area contributed by atoms with E-state index in [0.29, 0.717) is 0 Å². The fourth-order valence-electron chi connectivity index (χ4n) is 4.95. The Balaban J connectivity index is 1.89. The molecule has 1 fully saturated rings. The average Bonchev–Trinajstić information content (AvgIpc) is 3.19. The third-order valence-corrected chi connectivity index (χ3v) is 7.22. The molecule has 2 atom stereocenters.